The fourth-order valence-electron chi connectivity index (χ4n) is 1.74. The van der Waals surface area contributed by atoms with Crippen molar-refractivity contribution in [1.82, 2.24) is 0 Å². The molecule has 18 heavy (non-hydrogen) atoms. The Morgan fingerprint density at radius 2 is 1.83 bits per heavy atom. The molecule has 1 atom stereocenters. The van der Waals surface area contributed by atoms with E-state index in [-0.39, 0.29) is 10.6 Å². The number of rotatable bonds is 3. The minimum Gasteiger partial charge on any atom is -0.207 e. The van der Waals surface area contributed by atoms with Crippen LogP contribution in [0.2, 0.25) is 10.0 Å². The van der Waals surface area contributed by atoms with Gasteiger partial charge in [-0.25, -0.2) is 4.39 Å². The topological polar surface area (TPSA) is 0 Å². The molecule has 94 valence electrons. The maximum absolute atomic E-state index is 13.1. The van der Waals surface area contributed by atoms with Crippen molar-refractivity contribution in [2.75, 3.05) is 0 Å². The summed E-state index contributed by atoms with van der Waals surface area (Å²) in [5.74, 6) is -0.232. The Bertz CT molecular complexity index is 557. The lowest BCUT2D eigenvalue weighted by Crippen LogP contribution is -1.97. The molecule has 0 amide bonds. The van der Waals surface area contributed by atoms with E-state index in [9.17, 15) is 4.39 Å². The smallest absolute Gasteiger partial charge is 0.123 e. The maximum atomic E-state index is 13.1. The highest BCUT2D eigenvalue weighted by molar-refractivity contribution is 9.09. The van der Waals surface area contributed by atoms with Gasteiger partial charge in [0.05, 0.1) is 10.0 Å². The summed E-state index contributed by atoms with van der Waals surface area (Å²) >= 11 is 15.7. The minimum atomic E-state index is -0.232. The van der Waals surface area contributed by atoms with Gasteiger partial charge < -0.3 is 0 Å². The highest BCUT2D eigenvalue weighted by atomic mass is 79.9. The zero-order valence-electron chi connectivity index (χ0n) is 9.34. The van der Waals surface area contributed by atoms with Crippen LogP contribution in [0, 0.1) is 5.82 Å². The summed E-state index contributed by atoms with van der Waals surface area (Å²) in [6, 6.07) is 12.0. The lowest BCUT2D eigenvalue weighted by Gasteiger charge is -2.13. The van der Waals surface area contributed by atoms with E-state index in [2.05, 4.69) is 15.9 Å². The van der Waals surface area contributed by atoms with Gasteiger partial charge >= 0.3 is 0 Å². The molecule has 0 nitrogen and oxygen atoms in total. The summed E-state index contributed by atoms with van der Waals surface area (Å²) in [4.78, 5) is 0.00509. The second kappa shape index (κ2) is 6.05. The first-order valence-electron chi connectivity index (χ1n) is 5.40. The van der Waals surface area contributed by atoms with E-state index in [0.717, 1.165) is 11.1 Å². The molecule has 0 heterocycles. The zero-order valence-corrected chi connectivity index (χ0v) is 12.4. The summed E-state index contributed by atoms with van der Waals surface area (Å²) in [5.41, 5.74) is 1.82. The van der Waals surface area contributed by atoms with Gasteiger partial charge in [0.15, 0.2) is 0 Å². The number of hydrogen-bond donors (Lipinski definition) is 0. The first-order chi connectivity index (χ1) is 8.58. The lowest BCUT2D eigenvalue weighted by molar-refractivity contribution is 0.625. The van der Waals surface area contributed by atoms with Crippen LogP contribution < -0.4 is 0 Å². The van der Waals surface area contributed by atoms with Crippen molar-refractivity contribution in [3.05, 3.63) is 69.5 Å². The highest BCUT2D eigenvalue weighted by Gasteiger charge is 2.14. The highest BCUT2D eigenvalue weighted by Crippen LogP contribution is 2.36. The Kier molecular flexibility index (Phi) is 4.66. The monoisotopic (exact) mass is 346 g/mol. The molecule has 0 aliphatic rings. The van der Waals surface area contributed by atoms with E-state index in [1.807, 2.05) is 18.2 Å². The van der Waals surface area contributed by atoms with E-state index in [4.69, 9.17) is 23.2 Å². The van der Waals surface area contributed by atoms with Gasteiger partial charge in [0, 0.05) is 4.83 Å². The lowest BCUT2D eigenvalue weighted by atomic mass is 10.0. The predicted molar refractivity (Wildman–Crippen MR) is 78.2 cm³/mol. The summed E-state index contributed by atoms with van der Waals surface area (Å²) in [5, 5.41) is 1.07. The van der Waals surface area contributed by atoms with E-state index in [0.29, 0.717) is 16.5 Å². The Morgan fingerprint density at radius 1 is 1.11 bits per heavy atom. The molecule has 0 saturated heterocycles. The number of alkyl halides is 1. The van der Waals surface area contributed by atoms with Crippen LogP contribution in [-0.2, 0) is 6.42 Å². The van der Waals surface area contributed by atoms with Crippen LogP contribution in [0.3, 0.4) is 0 Å². The van der Waals surface area contributed by atoms with E-state index >= 15 is 0 Å². The third-order valence-electron chi connectivity index (χ3n) is 2.62. The first-order valence-corrected chi connectivity index (χ1v) is 7.07. The molecule has 0 aliphatic carbocycles. The second-order valence-corrected chi connectivity index (χ2v) is 5.84. The molecule has 2 aromatic rings. The van der Waals surface area contributed by atoms with Crippen molar-refractivity contribution in [2.45, 2.75) is 11.2 Å². The van der Waals surface area contributed by atoms with E-state index < -0.39 is 0 Å². The first kappa shape index (κ1) is 13.9. The van der Waals surface area contributed by atoms with Gasteiger partial charge in [-0.1, -0.05) is 63.4 Å². The molecule has 0 aromatic heterocycles. The Hall–Kier alpha value is -0.570. The number of halogens is 4. The molecule has 0 radical (unpaired) electrons. The summed E-state index contributed by atoms with van der Waals surface area (Å²) in [7, 11) is 0. The minimum absolute atomic E-state index is 0.00509. The Morgan fingerprint density at radius 3 is 2.56 bits per heavy atom. The van der Waals surface area contributed by atoms with Gasteiger partial charge in [-0.15, -0.1) is 0 Å². The molecule has 0 saturated carbocycles. The molecule has 0 bridgehead atoms. The Balaban J connectivity index is 2.22. The van der Waals surface area contributed by atoms with Gasteiger partial charge in [0.25, 0.3) is 0 Å². The third-order valence-corrected chi connectivity index (χ3v) is 4.27. The normalized spacial score (nSPS) is 12.4. The molecule has 2 aromatic carbocycles. The SMILES string of the molecule is Fc1cccc(CC(Br)c2cccc(Cl)c2Cl)c1. The second-order valence-electron chi connectivity index (χ2n) is 3.94. The fourth-order valence-corrected chi connectivity index (χ4v) is 3.07. The predicted octanol–water partition coefficient (Wildman–Crippen LogP) is 5.81. The van der Waals surface area contributed by atoms with Crippen molar-refractivity contribution in [3.8, 4) is 0 Å². The molecule has 1 unspecified atom stereocenters. The van der Waals surface area contributed by atoms with Gasteiger partial charge in [-0.05, 0) is 35.7 Å². The summed E-state index contributed by atoms with van der Waals surface area (Å²) in [6.45, 7) is 0. The summed E-state index contributed by atoms with van der Waals surface area (Å²) in [6.07, 6.45) is 0.651. The van der Waals surface area contributed by atoms with Gasteiger partial charge in [-0.2, -0.15) is 0 Å². The maximum Gasteiger partial charge on any atom is 0.123 e. The van der Waals surface area contributed by atoms with Crippen molar-refractivity contribution >= 4 is 39.1 Å². The molecule has 0 aliphatic heterocycles. The molecule has 2 rings (SSSR count). The Labute approximate surface area is 124 Å². The van der Waals surface area contributed by atoms with Crippen LogP contribution in [0.4, 0.5) is 4.39 Å². The van der Waals surface area contributed by atoms with Crippen LogP contribution in [0.5, 0.6) is 0 Å². The fraction of sp³-hybridized carbons (Fsp3) is 0.143. The molecule has 0 spiro atoms. The summed E-state index contributed by atoms with van der Waals surface area (Å²) < 4.78 is 13.1. The average Bonchev–Trinajstić information content (AvgIpc) is 2.32. The van der Waals surface area contributed by atoms with Gasteiger partial charge in [0.1, 0.15) is 5.82 Å². The van der Waals surface area contributed by atoms with E-state index in [1.54, 1.807) is 12.1 Å². The van der Waals surface area contributed by atoms with Gasteiger partial charge in [-0.3, -0.25) is 0 Å². The van der Waals surface area contributed by atoms with Crippen LogP contribution >= 0.6 is 39.1 Å². The van der Waals surface area contributed by atoms with Crippen molar-refractivity contribution in [3.63, 3.8) is 0 Å². The van der Waals surface area contributed by atoms with E-state index in [1.165, 1.54) is 12.1 Å². The average molecular weight is 348 g/mol. The third kappa shape index (κ3) is 3.25. The number of hydrogen-bond acceptors (Lipinski definition) is 0. The molecule has 4 heteroatoms. The standard InChI is InChI=1S/C14H10BrCl2F/c15-12(8-9-3-1-4-10(18)7-9)11-5-2-6-13(16)14(11)17/h1-7,12H,8H2. The van der Waals surface area contributed by atoms with Crippen LogP contribution in [0.1, 0.15) is 16.0 Å². The van der Waals surface area contributed by atoms with Crippen molar-refractivity contribution < 1.29 is 4.39 Å². The van der Waals surface area contributed by atoms with Crippen molar-refractivity contribution in [1.29, 1.82) is 0 Å². The van der Waals surface area contributed by atoms with Crippen LogP contribution in [0.15, 0.2) is 42.5 Å². The molecular weight excluding hydrogens is 338 g/mol. The van der Waals surface area contributed by atoms with Gasteiger partial charge in [0.2, 0.25) is 0 Å². The largest absolute Gasteiger partial charge is 0.207 e. The van der Waals surface area contributed by atoms with Crippen LogP contribution in [-0.4, -0.2) is 0 Å². The zero-order chi connectivity index (χ0) is 13.1. The number of benzene rings is 2. The molecular formula is C14H10BrCl2F. The quantitative estimate of drug-likeness (QED) is 0.614. The van der Waals surface area contributed by atoms with Crippen molar-refractivity contribution in [2.24, 2.45) is 0 Å². The van der Waals surface area contributed by atoms with Crippen LogP contribution in [0.25, 0.3) is 0 Å². The molecule has 0 N–H and O–H groups in total. The molecule has 0 fully saturated rings.